The third-order valence-electron chi connectivity index (χ3n) is 4.41. The van der Waals surface area contributed by atoms with Gasteiger partial charge in [-0.05, 0) is 27.0 Å². The summed E-state index contributed by atoms with van der Waals surface area (Å²) in [6.07, 6.45) is 1.71. The second-order valence-electron chi connectivity index (χ2n) is 5.86. The van der Waals surface area contributed by atoms with Crippen molar-refractivity contribution in [3.8, 4) is 0 Å². The molecule has 6 heteroatoms. The molecule has 3 heterocycles. The number of hydrogen-bond donors (Lipinski definition) is 1. The fraction of sp³-hybridized carbons (Fsp3) is 0.500. The van der Waals surface area contributed by atoms with Gasteiger partial charge in [-0.15, -0.1) is 0 Å². The highest BCUT2D eigenvalue weighted by Gasteiger charge is 2.27. The first kappa shape index (κ1) is 15.0. The van der Waals surface area contributed by atoms with Crippen molar-refractivity contribution in [2.24, 2.45) is 0 Å². The standard InChI is InChI=1S/C16H23N5O/c1-11-15(14-10-22-8-7-20(14)3)12(2)21(19-11)9-13-5-4-6-18-16(13)17/h4-6,14H,7-10H2,1-3H3,(H2,17,18). The molecule has 1 fully saturated rings. The van der Waals surface area contributed by atoms with Crippen molar-refractivity contribution in [1.82, 2.24) is 19.7 Å². The molecule has 2 aromatic heterocycles. The van der Waals surface area contributed by atoms with Gasteiger partial charge in [-0.3, -0.25) is 9.58 Å². The van der Waals surface area contributed by atoms with Crippen LogP contribution in [0.4, 0.5) is 5.82 Å². The van der Waals surface area contributed by atoms with Crippen molar-refractivity contribution in [3.63, 3.8) is 0 Å². The molecule has 6 nitrogen and oxygen atoms in total. The van der Waals surface area contributed by atoms with Crippen molar-refractivity contribution < 1.29 is 4.74 Å². The lowest BCUT2D eigenvalue weighted by Crippen LogP contribution is -2.37. The van der Waals surface area contributed by atoms with Crippen LogP contribution in [0.25, 0.3) is 0 Å². The van der Waals surface area contributed by atoms with Crippen LogP contribution in [0.3, 0.4) is 0 Å². The number of nitrogens with two attached hydrogens (primary N) is 1. The second-order valence-corrected chi connectivity index (χ2v) is 5.86. The van der Waals surface area contributed by atoms with Crippen molar-refractivity contribution in [2.45, 2.75) is 26.4 Å². The minimum Gasteiger partial charge on any atom is -0.383 e. The number of ether oxygens (including phenoxy) is 1. The maximum atomic E-state index is 5.95. The molecular weight excluding hydrogens is 278 g/mol. The van der Waals surface area contributed by atoms with E-state index in [4.69, 9.17) is 15.6 Å². The summed E-state index contributed by atoms with van der Waals surface area (Å²) in [6, 6.07) is 4.17. The molecule has 1 aliphatic rings. The highest BCUT2D eigenvalue weighted by atomic mass is 16.5. The number of hydrogen-bond acceptors (Lipinski definition) is 5. The Morgan fingerprint density at radius 3 is 2.95 bits per heavy atom. The molecule has 0 saturated carbocycles. The van der Waals surface area contributed by atoms with Gasteiger partial charge < -0.3 is 10.5 Å². The normalized spacial score (nSPS) is 19.5. The Kier molecular flexibility index (Phi) is 4.13. The summed E-state index contributed by atoms with van der Waals surface area (Å²) in [7, 11) is 2.14. The van der Waals surface area contributed by atoms with Gasteiger partial charge in [0.25, 0.3) is 0 Å². The van der Waals surface area contributed by atoms with Crippen LogP contribution in [0.5, 0.6) is 0 Å². The van der Waals surface area contributed by atoms with Crippen LogP contribution in [-0.2, 0) is 11.3 Å². The molecule has 118 valence electrons. The number of nitrogens with zero attached hydrogens (tertiary/aromatic N) is 4. The van der Waals surface area contributed by atoms with Crippen molar-refractivity contribution in [3.05, 3.63) is 40.8 Å². The van der Waals surface area contributed by atoms with Crippen LogP contribution in [-0.4, -0.2) is 46.5 Å². The number of morpholine rings is 1. The number of pyridine rings is 1. The number of nitrogen functional groups attached to an aromatic ring is 1. The van der Waals surface area contributed by atoms with Gasteiger partial charge in [-0.1, -0.05) is 6.07 Å². The molecule has 0 spiro atoms. The zero-order valence-corrected chi connectivity index (χ0v) is 13.4. The average molecular weight is 301 g/mol. The number of aromatic nitrogens is 3. The molecule has 0 aromatic carbocycles. The van der Waals surface area contributed by atoms with Crippen LogP contribution < -0.4 is 5.73 Å². The summed E-state index contributed by atoms with van der Waals surface area (Å²) >= 11 is 0. The Morgan fingerprint density at radius 2 is 2.23 bits per heavy atom. The van der Waals surface area contributed by atoms with Gasteiger partial charge in [-0.25, -0.2) is 4.98 Å². The molecule has 0 bridgehead atoms. The van der Waals surface area contributed by atoms with Crippen molar-refractivity contribution >= 4 is 5.82 Å². The van der Waals surface area contributed by atoms with E-state index in [1.54, 1.807) is 6.20 Å². The number of aryl methyl sites for hydroxylation is 1. The monoisotopic (exact) mass is 301 g/mol. The molecule has 0 aliphatic carbocycles. The Labute approximate surface area is 130 Å². The quantitative estimate of drug-likeness (QED) is 0.931. The maximum absolute atomic E-state index is 5.95. The maximum Gasteiger partial charge on any atom is 0.128 e. The zero-order chi connectivity index (χ0) is 15.7. The van der Waals surface area contributed by atoms with E-state index in [-0.39, 0.29) is 6.04 Å². The van der Waals surface area contributed by atoms with Gasteiger partial charge in [0.05, 0.1) is 31.5 Å². The van der Waals surface area contributed by atoms with E-state index in [2.05, 4.69) is 30.8 Å². The molecule has 0 radical (unpaired) electrons. The van der Waals surface area contributed by atoms with E-state index < -0.39 is 0 Å². The fourth-order valence-corrected chi connectivity index (χ4v) is 3.08. The summed E-state index contributed by atoms with van der Waals surface area (Å²) in [5, 5.41) is 4.71. The summed E-state index contributed by atoms with van der Waals surface area (Å²) in [6.45, 7) is 7.29. The molecule has 2 aromatic rings. The highest BCUT2D eigenvalue weighted by Crippen LogP contribution is 2.28. The average Bonchev–Trinajstić information content (AvgIpc) is 2.77. The van der Waals surface area contributed by atoms with E-state index in [0.29, 0.717) is 12.4 Å². The second kappa shape index (κ2) is 6.06. The van der Waals surface area contributed by atoms with Crippen LogP contribution in [0.1, 0.15) is 28.6 Å². The minimum absolute atomic E-state index is 0.272. The van der Waals surface area contributed by atoms with Crippen LogP contribution in [0, 0.1) is 13.8 Å². The van der Waals surface area contributed by atoms with Gasteiger partial charge in [0.1, 0.15) is 5.82 Å². The molecule has 1 unspecified atom stereocenters. The number of rotatable bonds is 3. The molecule has 1 saturated heterocycles. The first-order valence-electron chi connectivity index (χ1n) is 7.59. The van der Waals surface area contributed by atoms with E-state index in [0.717, 1.165) is 31.0 Å². The largest absolute Gasteiger partial charge is 0.383 e. The van der Waals surface area contributed by atoms with Gasteiger partial charge in [0, 0.05) is 29.6 Å². The predicted molar refractivity (Wildman–Crippen MR) is 85.6 cm³/mol. The van der Waals surface area contributed by atoms with E-state index in [9.17, 15) is 0 Å². The van der Waals surface area contributed by atoms with Crippen molar-refractivity contribution in [2.75, 3.05) is 32.5 Å². The van der Waals surface area contributed by atoms with Crippen LogP contribution >= 0.6 is 0 Å². The van der Waals surface area contributed by atoms with E-state index >= 15 is 0 Å². The predicted octanol–water partition coefficient (Wildman–Crippen LogP) is 1.53. The fourth-order valence-electron chi connectivity index (χ4n) is 3.08. The van der Waals surface area contributed by atoms with Crippen molar-refractivity contribution in [1.29, 1.82) is 0 Å². The molecule has 3 rings (SSSR count). The SMILES string of the molecule is Cc1nn(Cc2cccnc2N)c(C)c1C1COCCN1C. The van der Waals surface area contributed by atoms with Gasteiger partial charge in [0.15, 0.2) is 0 Å². The molecular formula is C16H23N5O. The molecule has 1 atom stereocenters. The minimum atomic E-state index is 0.272. The third-order valence-corrected chi connectivity index (χ3v) is 4.41. The van der Waals surface area contributed by atoms with E-state index in [1.807, 2.05) is 16.8 Å². The molecule has 2 N–H and O–H groups in total. The molecule has 22 heavy (non-hydrogen) atoms. The molecule has 0 amide bonds. The summed E-state index contributed by atoms with van der Waals surface area (Å²) in [5.41, 5.74) is 10.4. The Bertz CT molecular complexity index is 667. The lowest BCUT2D eigenvalue weighted by atomic mass is 10.0. The number of anilines is 1. The topological polar surface area (TPSA) is 69.2 Å². The zero-order valence-electron chi connectivity index (χ0n) is 13.4. The van der Waals surface area contributed by atoms with Gasteiger partial charge in [0.2, 0.25) is 0 Å². The van der Waals surface area contributed by atoms with Gasteiger partial charge in [-0.2, -0.15) is 5.10 Å². The van der Waals surface area contributed by atoms with E-state index in [1.165, 1.54) is 11.3 Å². The first-order chi connectivity index (χ1) is 10.6. The molecule has 1 aliphatic heterocycles. The summed E-state index contributed by atoms with van der Waals surface area (Å²) in [5.74, 6) is 0.565. The third kappa shape index (κ3) is 2.71. The van der Waals surface area contributed by atoms with Crippen LogP contribution in [0.2, 0.25) is 0 Å². The summed E-state index contributed by atoms with van der Waals surface area (Å²) in [4.78, 5) is 6.48. The number of likely N-dealkylation sites (N-methyl/N-ethyl adjacent to an activating group) is 1. The smallest absolute Gasteiger partial charge is 0.128 e. The van der Waals surface area contributed by atoms with Crippen LogP contribution in [0.15, 0.2) is 18.3 Å². The Morgan fingerprint density at radius 1 is 1.41 bits per heavy atom. The summed E-state index contributed by atoms with van der Waals surface area (Å²) < 4.78 is 7.67. The Balaban J connectivity index is 1.91. The highest BCUT2D eigenvalue weighted by molar-refractivity contribution is 5.39. The Hall–Kier alpha value is -1.92. The lowest BCUT2D eigenvalue weighted by Gasteiger charge is -2.32. The lowest BCUT2D eigenvalue weighted by molar-refractivity contribution is 0.00457. The first-order valence-corrected chi connectivity index (χ1v) is 7.59. The van der Waals surface area contributed by atoms with Gasteiger partial charge >= 0.3 is 0 Å².